The monoisotopic (exact) mass is 634 g/mol. The summed E-state index contributed by atoms with van der Waals surface area (Å²) in [6, 6.07) is 20.2. The van der Waals surface area contributed by atoms with Gasteiger partial charge in [-0.05, 0) is 36.2 Å². The lowest BCUT2D eigenvalue weighted by atomic mass is 10.0. The smallest absolute Gasteiger partial charge is 0.410 e. The van der Waals surface area contributed by atoms with Crippen LogP contribution in [-0.2, 0) is 31.7 Å². The molecule has 2 heterocycles. The van der Waals surface area contributed by atoms with E-state index in [4.69, 9.17) is 13.9 Å². The Labute approximate surface area is 267 Å². The number of methoxy groups -OCH3 is 1. The highest BCUT2D eigenvalue weighted by molar-refractivity contribution is 6.99. The van der Waals surface area contributed by atoms with Gasteiger partial charge in [-0.1, -0.05) is 81.4 Å². The summed E-state index contributed by atoms with van der Waals surface area (Å²) in [6.07, 6.45) is -0.597. The Morgan fingerprint density at radius 3 is 2.07 bits per heavy atom. The van der Waals surface area contributed by atoms with Crippen LogP contribution in [0.25, 0.3) is 0 Å². The van der Waals surface area contributed by atoms with E-state index in [2.05, 4.69) is 55.2 Å². The number of H-pyrrole nitrogens is 1. The number of amides is 2. The molecule has 3 aromatic rings. The summed E-state index contributed by atoms with van der Waals surface area (Å²) in [6.45, 7) is 12.8. The number of hydrogen-bond acceptors (Lipinski definition) is 7. The van der Waals surface area contributed by atoms with Gasteiger partial charge in [-0.2, -0.15) is 5.10 Å². The molecule has 10 nitrogen and oxygen atoms in total. The fourth-order valence-electron chi connectivity index (χ4n) is 5.81. The van der Waals surface area contributed by atoms with E-state index in [1.807, 2.05) is 57.2 Å². The van der Waals surface area contributed by atoms with Gasteiger partial charge in [-0.25, -0.2) is 9.59 Å². The van der Waals surface area contributed by atoms with Crippen LogP contribution in [-0.4, -0.2) is 85.2 Å². The van der Waals surface area contributed by atoms with Gasteiger partial charge in [0.25, 0.3) is 14.2 Å². The number of nitrogens with one attached hydrogen (secondary N) is 1. The van der Waals surface area contributed by atoms with E-state index in [-0.39, 0.29) is 36.1 Å². The first kappa shape index (κ1) is 33.9. The third kappa shape index (κ3) is 7.47. The molecule has 1 aromatic heterocycles. The maximum atomic E-state index is 13.7. The molecule has 1 aliphatic heterocycles. The summed E-state index contributed by atoms with van der Waals surface area (Å²) in [5.74, 6) is -0.804. The number of fused-ring (bicyclic) bond motifs is 1. The number of esters is 1. The molecule has 1 aliphatic rings. The molecular formula is C34H46N4O6Si. The van der Waals surface area contributed by atoms with Gasteiger partial charge >= 0.3 is 12.1 Å². The number of hydrogen-bond donors (Lipinski definition) is 1. The number of aromatic amines is 1. The van der Waals surface area contributed by atoms with Crippen molar-refractivity contribution in [3.05, 3.63) is 77.6 Å². The minimum absolute atomic E-state index is 0.216. The zero-order valence-electron chi connectivity index (χ0n) is 27.7. The summed E-state index contributed by atoms with van der Waals surface area (Å²) in [4.78, 5) is 42.8. The average molecular weight is 635 g/mol. The summed E-state index contributed by atoms with van der Waals surface area (Å²) >= 11 is 0. The van der Waals surface area contributed by atoms with E-state index in [1.54, 1.807) is 11.9 Å². The van der Waals surface area contributed by atoms with Gasteiger partial charge in [-0.3, -0.25) is 9.89 Å². The number of benzene rings is 2. The van der Waals surface area contributed by atoms with Gasteiger partial charge in [0.1, 0.15) is 11.7 Å². The van der Waals surface area contributed by atoms with Gasteiger partial charge in [0.2, 0.25) is 0 Å². The minimum Gasteiger partial charge on any atom is -0.467 e. The molecule has 0 spiro atoms. The SMILES string of the molecule is COC(=O)C(CCN(C)C(=O)c1n[nH]c2c1CN(C(=O)OC(C)(C)C)CC2)O[Si](c1ccccc1)(c1ccccc1)C(C)(C)C. The highest BCUT2D eigenvalue weighted by Crippen LogP contribution is 2.38. The molecule has 4 rings (SSSR count). The number of aromatic nitrogens is 2. The van der Waals surface area contributed by atoms with Crippen LogP contribution in [0.1, 0.15) is 69.7 Å². The Balaban J connectivity index is 1.57. The number of ether oxygens (including phenoxy) is 2. The lowest BCUT2D eigenvalue weighted by Crippen LogP contribution is -2.68. The van der Waals surface area contributed by atoms with Crippen molar-refractivity contribution in [2.75, 3.05) is 27.2 Å². The van der Waals surface area contributed by atoms with Gasteiger partial charge < -0.3 is 23.7 Å². The zero-order chi connectivity index (χ0) is 33.0. The highest BCUT2D eigenvalue weighted by Gasteiger charge is 2.52. The number of nitrogens with zero attached hydrogens (tertiary/aromatic N) is 3. The molecule has 1 atom stereocenters. The normalized spacial score (nSPS) is 14.4. The number of carbonyl (C=O) groups is 3. The Morgan fingerprint density at radius 2 is 1.56 bits per heavy atom. The van der Waals surface area contributed by atoms with E-state index in [0.717, 1.165) is 16.1 Å². The molecular weight excluding hydrogens is 588 g/mol. The Bertz CT molecular complexity index is 1440. The predicted molar refractivity (Wildman–Crippen MR) is 175 cm³/mol. The number of rotatable bonds is 9. The first-order valence-corrected chi connectivity index (χ1v) is 17.2. The molecule has 0 radical (unpaired) electrons. The van der Waals surface area contributed by atoms with Crippen molar-refractivity contribution in [3.8, 4) is 0 Å². The number of carbonyl (C=O) groups excluding carboxylic acids is 3. The van der Waals surface area contributed by atoms with Crippen molar-refractivity contribution in [1.29, 1.82) is 0 Å². The molecule has 0 saturated heterocycles. The molecule has 0 aliphatic carbocycles. The molecule has 11 heteroatoms. The standard InChI is InChI=1S/C34H46N4O6Si/c1-33(2,3)43-32(41)38-22-19-27-26(23-38)29(36-35-27)30(39)37(7)21-20-28(31(40)42-8)44-45(34(4,5)6,24-15-11-9-12-16-24)25-17-13-10-14-18-25/h9-18,28H,19-23H2,1-8H3,(H,35,36). The van der Waals surface area contributed by atoms with E-state index in [9.17, 15) is 14.4 Å². The molecule has 0 bridgehead atoms. The van der Waals surface area contributed by atoms with Gasteiger partial charge in [0.05, 0.1) is 13.7 Å². The van der Waals surface area contributed by atoms with Crippen LogP contribution in [0.15, 0.2) is 60.7 Å². The molecule has 242 valence electrons. The van der Waals surface area contributed by atoms with Crippen LogP contribution in [0.5, 0.6) is 0 Å². The van der Waals surface area contributed by atoms with Crippen molar-refractivity contribution in [2.45, 2.75) is 77.7 Å². The first-order chi connectivity index (χ1) is 21.2. The lowest BCUT2D eigenvalue weighted by molar-refractivity contribution is -0.149. The molecule has 2 aromatic carbocycles. The maximum Gasteiger partial charge on any atom is 0.410 e. The lowest BCUT2D eigenvalue weighted by Gasteiger charge is -2.44. The summed E-state index contributed by atoms with van der Waals surface area (Å²) < 4.78 is 17.9. The van der Waals surface area contributed by atoms with Crippen LogP contribution in [0.4, 0.5) is 4.79 Å². The molecule has 1 unspecified atom stereocenters. The summed E-state index contributed by atoms with van der Waals surface area (Å²) in [5.41, 5.74) is 1.13. The van der Waals surface area contributed by atoms with Gasteiger partial charge in [-0.15, -0.1) is 0 Å². The highest BCUT2D eigenvalue weighted by atomic mass is 28.4. The topological polar surface area (TPSA) is 114 Å². The minimum atomic E-state index is -3.07. The second-order valence-electron chi connectivity index (χ2n) is 13.5. The third-order valence-electron chi connectivity index (χ3n) is 8.06. The third-order valence-corrected chi connectivity index (χ3v) is 13.1. The largest absolute Gasteiger partial charge is 0.467 e. The molecule has 0 fully saturated rings. The zero-order valence-corrected chi connectivity index (χ0v) is 28.7. The van der Waals surface area contributed by atoms with Crippen LogP contribution in [0.2, 0.25) is 5.04 Å². The van der Waals surface area contributed by atoms with Crippen LogP contribution in [0, 0.1) is 0 Å². The molecule has 45 heavy (non-hydrogen) atoms. The Hall–Kier alpha value is -3.96. The van der Waals surface area contributed by atoms with Crippen LogP contribution in [0.3, 0.4) is 0 Å². The van der Waals surface area contributed by atoms with Crippen LogP contribution < -0.4 is 10.4 Å². The fourth-order valence-corrected chi connectivity index (χ4v) is 10.5. The van der Waals surface area contributed by atoms with E-state index in [1.165, 1.54) is 12.0 Å². The van der Waals surface area contributed by atoms with E-state index < -0.39 is 32.1 Å². The van der Waals surface area contributed by atoms with Gasteiger partial charge in [0, 0.05) is 44.2 Å². The quantitative estimate of drug-likeness (QED) is 0.276. The second-order valence-corrected chi connectivity index (χ2v) is 17.7. The molecule has 2 amide bonds. The summed E-state index contributed by atoms with van der Waals surface area (Å²) in [5, 5.41) is 9.04. The Kier molecular flexibility index (Phi) is 10.2. The molecule has 1 N–H and O–H groups in total. The van der Waals surface area contributed by atoms with E-state index >= 15 is 0 Å². The fraction of sp³-hybridized carbons (Fsp3) is 0.471. The predicted octanol–water partition coefficient (Wildman–Crippen LogP) is 4.28. The van der Waals surface area contributed by atoms with Crippen molar-refractivity contribution < 1.29 is 28.3 Å². The average Bonchev–Trinajstić information content (AvgIpc) is 3.43. The second kappa shape index (κ2) is 13.6. The maximum absolute atomic E-state index is 13.7. The first-order valence-electron chi connectivity index (χ1n) is 15.3. The van der Waals surface area contributed by atoms with Crippen molar-refractivity contribution in [1.82, 2.24) is 20.0 Å². The Morgan fingerprint density at radius 1 is 0.978 bits per heavy atom. The molecule has 0 saturated carbocycles. The van der Waals surface area contributed by atoms with Crippen molar-refractivity contribution in [3.63, 3.8) is 0 Å². The van der Waals surface area contributed by atoms with Crippen molar-refractivity contribution in [2.24, 2.45) is 0 Å². The van der Waals surface area contributed by atoms with Gasteiger partial charge in [0.15, 0.2) is 5.69 Å². The van der Waals surface area contributed by atoms with Crippen molar-refractivity contribution >= 4 is 36.7 Å². The van der Waals surface area contributed by atoms with E-state index in [0.29, 0.717) is 18.5 Å². The summed E-state index contributed by atoms with van der Waals surface area (Å²) in [7, 11) is -0.0418. The van der Waals surface area contributed by atoms with Crippen LogP contribution >= 0.6 is 0 Å².